The molecule has 0 radical (unpaired) electrons. The third-order valence-corrected chi connectivity index (χ3v) is 4.47. The van der Waals surface area contributed by atoms with Gasteiger partial charge in [-0.25, -0.2) is 0 Å². The Labute approximate surface area is 161 Å². The number of ether oxygens (including phenoxy) is 2. The number of aliphatic imine (C=N–C) groups is 1. The summed E-state index contributed by atoms with van der Waals surface area (Å²) in [4.78, 5) is 8.63. The number of hydrogen-bond acceptors (Lipinski definition) is 4. The summed E-state index contributed by atoms with van der Waals surface area (Å²) < 4.78 is 11.6. The molecule has 3 rings (SSSR count). The Morgan fingerprint density at radius 3 is 2.96 bits per heavy atom. The summed E-state index contributed by atoms with van der Waals surface area (Å²) in [6, 6.07) is 12.3. The molecule has 1 saturated heterocycles. The van der Waals surface area contributed by atoms with Crippen LogP contribution in [-0.4, -0.2) is 43.9 Å². The number of rotatable bonds is 7. The monoisotopic (exact) mass is 368 g/mol. The Bertz CT molecular complexity index is 743. The summed E-state index contributed by atoms with van der Waals surface area (Å²) >= 11 is 0. The van der Waals surface area contributed by atoms with Gasteiger partial charge in [-0.1, -0.05) is 18.2 Å². The minimum atomic E-state index is 0.140. The van der Waals surface area contributed by atoms with Crippen LogP contribution in [0.1, 0.15) is 23.2 Å². The van der Waals surface area contributed by atoms with Crippen LogP contribution in [0.25, 0.3) is 0 Å². The number of guanidine groups is 1. The molecule has 1 aliphatic heterocycles. The van der Waals surface area contributed by atoms with E-state index in [1.807, 2.05) is 24.4 Å². The first-order valence-electron chi connectivity index (χ1n) is 9.43. The third-order valence-electron chi connectivity index (χ3n) is 4.47. The molecule has 1 aromatic carbocycles. The summed E-state index contributed by atoms with van der Waals surface area (Å²) in [5.41, 5.74) is 3.36. The van der Waals surface area contributed by atoms with Gasteiger partial charge in [0.05, 0.1) is 13.2 Å². The zero-order valence-electron chi connectivity index (χ0n) is 16.1. The molecular formula is C21H28N4O2. The lowest BCUT2D eigenvalue weighted by molar-refractivity contribution is 0.140. The molecule has 144 valence electrons. The van der Waals surface area contributed by atoms with E-state index in [-0.39, 0.29) is 6.10 Å². The molecule has 27 heavy (non-hydrogen) atoms. The van der Waals surface area contributed by atoms with Gasteiger partial charge in [-0.2, -0.15) is 0 Å². The van der Waals surface area contributed by atoms with Crippen molar-refractivity contribution in [2.24, 2.45) is 4.99 Å². The Morgan fingerprint density at radius 1 is 1.30 bits per heavy atom. The average Bonchev–Trinajstić information content (AvgIpc) is 3.19. The minimum Gasteiger partial charge on any atom is -0.488 e. The highest BCUT2D eigenvalue weighted by Crippen LogP contribution is 2.23. The third kappa shape index (κ3) is 5.96. The second kappa shape index (κ2) is 9.92. The van der Waals surface area contributed by atoms with E-state index in [2.05, 4.69) is 45.7 Å². The highest BCUT2D eigenvalue weighted by molar-refractivity contribution is 5.79. The van der Waals surface area contributed by atoms with E-state index in [0.717, 1.165) is 49.0 Å². The smallest absolute Gasteiger partial charge is 0.191 e. The molecular weight excluding hydrogens is 340 g/mol. The van der Waals surface area contributed by atoms with Crippen molar-refractivity contribution in [2.45, 2.75) is 32.4 Å². The van der Waals surface area contributed by atoms with Crippen LogP contribution in [-0.2, 0) is 17.7 Å². The van der Waals surface area contributed by atoms with E-state index >= 15 is 0 Å². The Kier molecular flexibility index (Phi) is 7.04. The topological polar surface area (TPSA) is 67.8 Å². The zero-order chi connectivity index (χ0) is 18.9. The van der Waals surface area contributed by atoms with E-state index < -0.39 is 0 Å². The van der Waals surface area contributed by atoms with Gasteiger partial charge in [0.15, 0.2) is 5.96 Å². The van der Waals surface area contributed by atoms with E-state index in [9.17, 15) is 0 Å². The van der Waals surface area contributed by atoms with Crippen LogP contribution in [0, 0.1) is 6.92 Å². The maximum absolute atomic E-state index is 6.16. The van der Waals surface area contributed by atoms with Crippen molar-refractivity contribution in [3.05, 3.63) is 59.4 Å². The highest BCUT2D eigenvalue weighted by atomic mass is 16.5. The van der Waals surface area contributed by atoms with Gasteiger partial charge in [-0.15, -0.1) is 0 Å². The van der Waals surface area contributed by atoms with E-state index in [4.69, 9.17) is 9.47 Å². The normalized spacial score (nSPS) is 17.0. The molecule has 0 saturated carbocycles. The van der Waals surface area contributed by atoms with E-state index in [1.54, 1.807) is 7.05 Å². The first kappa shape index (κ1) is 19.2. The standard InChI is InChI=1S/C21H28N4O2/c1-16-6-7-17(20(13-16)27-19-9-12-26-15-19)14-25-21(22-2)24-11-8-18-5-3-4-10-23-18/h3-7,10,13,19H,8-9,11-12,14-15H2,1-2H3,(H2,22,24,25). The largest absolute Gasteiger partial charge is 0.488 e. The maximum atomic E-state index is 6.16. The number of benzene rings is 1. The van der Waals surface area contributed by atoms with Crippen molar-refractivity contribution in [2.75, 3.05) is 26.8 Å². The van der Waals surface area contributed by atoms with Crippen LogP contribution in [0.3, 0.4) is 0 Å². The predicted octanol–water partition coefficient (Wildman–Crippen LogP) is 2.47. The molecule has 1 unspecified atom stereocenters. The predicted molar refractivity (Wildman–Crippen MR) is 107 cm³/mol. The molecule has 1 aliphatic rings. The molecule has 2 aromatic rings. The second-order valence-electron chi connectivity index (χ2n) is 6.64. The molecule has 0 aliphatic carbocycles. The van der Waals surface area contributed by atoms with Crippen molar-refractivity contribution < 1.29 is 9.47 Å². The second-order valence-corrected chi connectivity index (χ2v) is 6.64. The fourth-order valence-electron chi connectivity index (χ4n) is 2.96. The molecule has 1 fully saturated rings. The molecule has 2 N–H and O–H groups in total. The van der Waals surface area contributed by atoms with Gasteiger partial charge in [0.2, 0.25) is 0 Å². The molecule has 6 heteroatoms. The lowest BCUT2D eigenvalue weighted by atomic mass is 10.1. The maximum Gasteiger partial charge on any atom is 0.191 e. The Hall–Kier alpha value is -2.60. The number of pyridine rings is 1. The van der Waals surface area contributed by atoms with Gasteiger partial charge in [0.1, 0.15) is 11.9 Å². The van der Waals surface area contributed by atoms with Gasteiger partial charge in [-0.3, -0.25) is 9.98 Å². The summed E-state index contributed by atoms with van der Waals surface area (Å²) in [6.45, 7) is 4.93. The van der Waals surface area contributed by atoms with Gasteiger partial charge in [0.25, 0.3) is 0 Å². The van der Waals surface area contributed by atoms with Gasteiger partial charge in [0, 0.05) is 50.4 Å². The number of hydrogen-bond donors (Lipinski definition) is 2. The summed E-state index contributed by atoms with van der Waals surface area (Å²) in [6.07, 6.45) is 3.75. The molecule has 1 aromatic heterocycles. The molecule has 6 nitrogen and oxygen atoms in total. The molecule has 2 heterocycles. The lowest BCUT2D eigenvalue weighted by Crippen LogP contribution is -2.38. The van der Waals surface area contributed by atoms with Crippen LogP contribution >= 0.6 is 0 Å². The highest BCUT2D eigenvalue weighted by Gasteiger charge is 2.18. The SMILES string of the molecule is CN=C(NCCc1ccccn1)NCc1ccc(C)cc1OC1CCOC1. The van der Waals surface area contributed by atoms with Gasteiger partial charge >= 0.3 is 0 Å². The first-order chi connectivity index (χ1) is 13.2. The Morgan fingerprint density at radius 2 is 2.22 bits per heavy atom. The fraction of sp³-hybridized carbons (Fsp3) is 0.429. The van der Waals surface area contributed by atoms with Crippen molar-refractivity contribution in [3.63, 3.8) is 0 Å². The fourth-order valence-corrected chi connectivity index (χ4v) is 2.96. The number of nitrogens with zero attached hydrogens (tertiary/aromatic N) is 2. The number of nitrogens with one attached hydrogen (secondary N) is 2. The van der Waals surface area contributed by atoms with Crippen molar-refractivity contribution in [1.82, 2.24) is 15.6 Å². The molecule has 0 bridgehead atoms. The van der Waals surface area contributed by atoms with Gasteiger partial charge < -0.3 is 20.1 Å². The van der Waals surface area contributed by atoms with Crippen LogP contribution in [0.2, 0.25) is 0 Å². The summed E-state index contributed by atoms with van der Waals surface area (Å²) in [5.74, 6) is 1.68. The summed E-state index contributed by atoms with van der Waals surface area (Å²) in [7, 11) is 1.78. The Balaban J connectivity index is 1.52. The lowest BCUT2D eigenvalue weighted by Gasteiger charge is -2.18. The molecule has 1 atom stereocenters. The van der Waals surface area contributed by atoms with Crippen molar-refractivity contribution >= 4 is 5.96 Å². The zero-order valence-corrected chi connectivity index (χ0v) is 16.1. The number of aromatic nitrogens is 1. The quantitative estimate of drug-likeness (QED) is 0.580. The molecule has 0 spiro atoms. The van der Waals surface area contributed by atoms with Crippen molar-refractivity contribution in [3.8, 4) is 5.75 Å². The minimum absolute atomic E-state index is 0.140. The van der Waals surface area contributed by atoms with Crippen LogP contribution in [0.15, 0.2) is 47.6 Å². The summed E-state index contributed by atoms with van der Waals surface area (Å²) in [5, 5.41) is 6.69. The van der Waals surface area contributed by atoms with Crippen LogP contribution < -0.4 is 15.4 Å². The average molecular weight is 368 g/mol. The van der Waals surface area contributed by atoms with E-state index in [1.165, 1.54) is 5.56 Å². The number of aryl methyl sites for hydroxylation is 1. The first-order valence-corrected chi connectivity index (χ1v) is 9.43. The van der Waals surface area contributed by atoms with Crippen LogP contribution in [0.5, 0.6) is 5.75 Å². The van der Waals surface area contributed by atoms with Gasteiger partial charge in [-0.05, 0) is 30.7 Å². The molecule has 0 amide bonds. The van der Waals surface area contributed by atoms with E-state index in [0.29, 0.717) is 13.2 Å². The van der Waals surface area contributed by atoms with Crippen molar-refractivity contribution in [1.29, 1.82) is 0 Å². The van der Waals surface area contributed by atoms with Crippen LogP contribution in [0.4, 0.5) is 0 Å².